The predicted molar refractivity (Wildman–Crippen MR) is 91.7 cm³/mol. The highest BCUT2D eigenvalue weighted by Gasteiger charge is 2.18. The van der Waals surface area contributed by atoms with Crippen LogP contribution in [0.25, 0.3) is 0 Å². The van der Waals surface area contributed by atoms with E-state index in [9.17, 15) is 13.2 Å². The average molecular weight is 394 g/mol. The average Bonchev–Trinajstić information content (AvgIpc) is 2.48. The molecule has 23 heavy (non-hydrogen) atoms. The minimum Gasteiger partial charge on any atom is -0.324 e. The Morgan fingerprint density at radius 3 is 2.35 bits per heavy atom. The Labute approximate surface area is 148 Å². The van der Waals surface area contributed by atoms with Crippen LogP contribution in [-0.4, -0.2) is 20.9 Å². The van der Waals surface area contributed by atoms with Crippen LogP contribution >= 0.6 is 34.8 Å². The second kappa shape index (κ2) is 7.51. The highest BCUT2D eigenvalue weighted by Crippen LogP contribution is 2.25. The second-order valence-electron chi connectivity index (χ2n) is 4.43. The maximum atomic E-state index is 12.1. The Balaban J connectivity index is 2.03. The minimum atomic E-state index is -3.89. The molecule has 0 saturated heterocycles. The van der Waals surface area contributed by atoms with Crippen molar-refractivity contribution in [3.05, 3.63) is 57.5 Å². The van der Waals surface area contributed by atoms with E-state index in [4.69, 9.17) is 34.8 Å². The highest BCUT2D eigenvalue weighted by molar-refractivity contribution is 7.89. The first-order valence-corrected chi connectivity index (χ1v) is 8.90. The smallest absolute Gasteiger partial charge is 0.242 e. The third-order valence-electron chi connectivity index (χ3n) is 2.75. The molecule has 0 bridgehead atoms. The Morgan fingerprint density at radius 1 is 1.00 bits per heavy atom. The van der Waals surface area contributed by atoms with Crippen molar-refractivity contribution in [1.82, 2.24) is 4.72 Å². The number of hydrogen-bond donors (Lipinski definition) is 2. The SMILES string of the molecule is O=C(CNS(=O)(=O)c1ccccc1Cl)Nc1ccc(Cl)cc1Cl. The molecule has 2 rings (SSSR count). The molecule has 2 aromatic rings. The lowest BCUT2D eigenvalue weighted by Crippen LogP contribution is -2.33. The van der Waals surface area contributed by atoms with E-state index < -0.39 is 22.5 Å². The van der Waals surface area contributed by atoms with E-state index >= 15 is 0 Å². The van der Waals surface area contributed by atoms with Gasteiger partial charge in [-0.3, -0.25) is 4.79 Å². The van der Waals surface area contributed by atoms with Gasteiger partial charge in [0, 0.05) is 5.02 Å². The summed E-state index contributed by atoms with van der Waals surface area (Å²) in [6, 6.07) is 10.5. The Kier molecular flexibility index (Phi) is 5.89. The Hall–Kier alpha value is -1.31. The molecule has 0 fully saturated rings. The van der Waals surface area contributed by atoms with Gasteiger partial charge < -0.3 is 5.32 Å². The molecule has 0 spiro atoms. The quantitative estimate of drug-likeness (QED) is 0.815. The summed E-state index contributed by atoms with van der Waals surface area (Å²) < 4.78 is 26.4. The largest absolute Gasteiger partial charge is 0.324 e. The van der Waals surface area contributed by atoms with Crippen molar-refractivity contribution in [2.75, 3.05) is 11.9 Å². The van der Waals surface area contributed by atoms with Crippen molar-refractivity contribution in [2.45, 2.75) is 4.90 Å². The summed E-state index contributed by atoms with van der Waals surface area (Å²) in [4.78, 5) is 11.8. The molecule has 0 atom stereocenters. The molecule has 0 heterocycles. The van der Waals surface area contributed by atoms with Crippen LogP contribution in [0.3, 0.4) is 0 Å². The molecule has 0 radical (unpaired) electrons. The summed E-state index contributed by atoms with van der Waals surface area (Å²) >= 11 is 17.5. The lowest BCUT2D eigenvalue weighted by molar-refractivity contribution is -0.115. The Morgan fingerprint density at radius 2 is 1.70 bits per heavy atom. The number of benzene rings is 2. The lowest BCUT2D eigenvalue weighted by atomic mass is 10.3. The summed E-state index contributed by atoms with van der Waals surface area (Å²) in [7, 11) is -3.89. The third kappa shape index (κ3) is 4.83. The molecule has 0 aliphatic heterocycles. The number of hydrogen-bond acceptors (Lipinski definition) is 3. The second-order valence-corrected chi connectivity index (χ2v) is 7.41. The van der Waals surface area contributed by atoms with Crippen molar-refractivity contribution in [3.63, 3.8) is 0 Å². The standard InChI is InChI=1S/C14H11Cl3N2O3S/c15-9-5-6-12(11(17)7-9)19-14(20)8-18-23(21,22)13-4-2-1-3-10(13)16/h1-7,18H,8H2,(H,19,20). The van der Waals surface area contributed by atoms with Crippen molar-refractivity contribution < 1.29 is 13.2 Å². The maximum absolute atomic E-state index is 12.1. The first-order chi connectivity index (χ1) is 10.8. The molecular formula is C14H11Cl3N2O3S. The van der Waals surface area contributed by atoms with Gasteiger partial charge in [0.05, 0.1) is 22.3 Å². The highest BCUT2D eigenvalue weighted by atomic mass is 35.5. The Bertz CT molecular complexity index is 841. The number of rotatable bonds is 5. The van der Waals surface area contributed by atoms with Crippen LogP contribution in [0.5, 0.6) is 0 Å². The molecular weight excluding hydrogens is 383 g/mol. The van der Waals surface area contributed by atoms with Gasteiger partial charge in [-0.25, -0.2) is 13.1 Å². The first kappa shape index (κ1) is 18.0. The predicted octanol–water partition coefficient (Wildman–Crippen LogP) is 3.56. The van der Waals surface area contributed by atoms with Crippen molar-refractivity contribution in [2.24, 2.45) is 0 Å². The van der Waals surface area contributed by atoms with Crippen molar-refractivity contribution in [3.8, 4) is 0 Å². The van der Waals surface area contributed by atoms with Gasteiger partial charge >= 0.3 is 0 Å². The maximum Gasteiger partial charge on any atom is 0.242 e. The number of halogens is 3. The van der Waals surface area contributed by atoms with E-state index in [1.807, 2.05) is 0 Å². The summed E-state index contributed by atoms with van der Waals surface area (Å²) in [6.45, 7) is -0.466. The number of anilines is 1. The van der Waals surface area contributed by atoms with Gasteiger partial charge in [-0.2, -0.15) is 0 Å². The zero-order valence-electron chi connectivity index (χ0n) is 11.5. The number of amides is 1. The monoisotopic (exact) mass is 392 g/mol. The summed E-state index contributed by atoms with van der Waals surface area (Å²) in [5.74, 6) is -0.579. The van der Waals surface area contributed by atoms with Gasteiger partial charge in [0.25, 0.3) is 0 Å². The molecule has 5 nitrogen and oxygen atoms in total. The zero-order valence-corrected chi connectivity index (χ0v) is 14.6. The topological polar surface area (TPSA) is 75.3 Å². The molecule has 0 saturated carbocycles. The molecule has 2 N–H and O–H groups in total. The van der Waals surface area contributed by atoms with Gasteiger partial charge in [-0.1, -0.05) is 46.9 Å². The number of carbonyl (C=O) groups excluding carboxylic acids is 1. The molecule has 1 amide bonds. The van der Waals surface area contributed by atoms with E-state index in [0.29, 0.717) is 10.7 Å². The van der Waals surface area contributed by atoms with E-state index in [1.165, 1.54) is 30.3 Å². The summed E-state index contributed by atoms with van der Waals surface area (Å²) in [5.41, 5.74) is 0.331. The van der Waals surface area contributed by atoms with Crippen LogP contribution in [-0.2, 0) is 14.8 Å². The van der Waals surface area contributed by atoms with E-state index in [1.54, 1.807) is 12.1 Å². The fraction of sp³-hybridized carbons (Fsp3) is 0.0714. The molecule has 0 aromatic heterocycles. The molecule has 0 aliphatic carbocycles. The number of sulfonamides is 1. The van der Waals surface area contributed by atoms with Gasteiger partial charge in [-0.05, 0) is 30.3 Å². The van der Waals surface area contributed by atoms with Crippen molar-refractivity contribution >= 4 is 56.4 Å². The fourth-order valence-corrected chi connectivity index (χ4v) is 3.64. The van der Waals surface area contributed by atoms with E-state index in [-0.39, 0.29) is 14.9 Å². The third-order valence-corrected chi connectivity index (χ3v) is 5.20. The van der Waals surface area contributed by atoms with Gasteiger partial charge in [0.2, 0.25) is 15.9 Å². The number of nitrogens with one attached hydrogen (secondary N) is 2. The normalized spacial score (nSPS) is 11.3. The first-order valence-electron chi connectivity index (χ1n) is 6.29. The van der Waals surface area contributed by atoms with E-state index in [2.05, 4.69) is 10.0 Å². The summed E-state index contributed by atoms with van der Waals surface area (Å²) in [6.07, 6.45) is 0. The van der Waals surface area contributed by atoms with Gasteiger partial charge in [0.1, 0.15) is 4.90 Å². The van der Waals surface area contributed by atoms with Crippen LogP contribution < -0.4 is 10.0 Å². The molecule has 0 unspecified atom stereocenters. The van der Waals surface area contributed by atoms with Crippen LogP contribution in [0.15, 0.2) is 47.4 Å². The molecule has 9 heteroatoms. The van der Waals surface area contributed by atoms with Crippen LogP contribution in [0.1, 0.15) is 0 Å². The van der Waals surface area contributed by atoms with Gasteiger partial charge in [-0.15, -0.1) is 0 Å². The molecule has 2 aromatic carbocycles. The van der Waals surface area contributed by atoms with Crippen LogP contribution in [0, 0.1) is 0 Å². The zero-order chi connectivity index (χ0) is 17.0. The van der Waals surface area contributed by atoms with Crippen LogP contribution in [0.4, 0.5) is 5.69 Å². The lowest BCUT2D eigenvalue weighted by Gasteiger charge is -2.10. The van der Waals surface area contributed by atoms with Crippen molar-refractivity contribution in [1.29, 1.82) is 0 Å². The van der Waals surface area contributed by atoms with E-state index in [0.717, 1.165) is 0 Å². The van der Waals surface area contributed by atoms with Crippen LogP contribution in [0.2, 0.25) is 15.1 Å². The molecule has 0 aliphatic rings. The molecule has 122 valence electrons. The fourth-order valence-electron chi connectivity index (χ4n) is 1.69. The minimum absolute atomic E-state index is 0.0705. The summed E-state index contributed by atoms with van der Waals surface area (Å²) in [5, 5.41) is 3.23. The number of carbonyl (C=O) groups is 1. The van der Waals surface area contributed by atoms with Gasteiger partial charge in [0.15, 0.2) is 0 Å².